The Morgan fingerprint density at radius 3 is 2.91 bits per heavy atom. The van der Waals surface area contributed by atoms with E-state index in [1.807, 2.05) is 30.3 Å². The van der Waals surface area contributed by atoms with Gasteiger partial charge >= 0.3 is 5.97 Å². The van der Waals surface area contributed by atoms with Crippen LogP contribution in [0.4, 0.5) is 0 Å². The molecule has 1 aromatic carbocycles. The molecule has 2 rings (SSSR count). The number of aromatic nitrogens is 3. The van der Waals surface area contributed by atoms with Crippen molar-refractivity contribution in [3.05, 3.63) is 47.8 Å². The molecule has 0 saturated carbocycles. The summed E-state index contributed by atoms with van der Waals surface area (Å²) in [6.07, 6.45) is 2.81. The fraction of sp³-hybridized carbons (Fsp3) is 0.286. The first-order valence-corrected chi connectivity index (χ1v) is 6.56. The lowest BCUT2D eigenvalue weighted by atomic mass is 10.2. The molecule has 0 radical (unpaired) electrons. The minimum Gasteiger partial charge on any atom is -0.459 e. The van der Waals surface area contributed by atoms with Crippen LogP contribution >= 0.6 is 0 Å². The van der Waals surface area contributed by atoms with Crippen molar-refractivity contribution in [2.75, 3.05) is 7.11 Å². The minimum atomic E-state index is -0.788. The first-order chi connectivity index (χ1) is 10.8. The summed E-state index contributed by atoms with van der Waals surface area (Å²) < 4.78 is 5.26. The second-order valence-electron chi connectivity index (χ2n) is 4.29. The molecule has 0 spiro atoms. The number of H-pyrrole nitrogens is 1. The predicted octanol–water partition coefficient (Wildman–Crippen LogP) is 1.07. The fourth-order valence-corrected chi connectivity index (χ4v) is 1.68. The zero-order valence-electron chi connectivity index (χ0n) is 12.0. The van der Waals surface area contributed by atoms with E-state index >= 15 is 0 Å². The Morgan fingerprint density at radius 2 is 2.23 bits per heavy atom. The molecular formula is C14H16N4O4. The Kier molecular flexibility index (Phi) is 6.06. The Morgan fingerprint density at radius 1 is 1.41 bits per heavy atom. The second-order valence-corrected chi connectivity index (χ2v) is 4.29. The van der Waals surface area contributed by atoms with Crippen molar-refractivity contribution >= 4 is 12.4 Å². The minimum absolute atomic E-state index is 0.176. The normalized spacial score (nSPS) is 12.2. The average molecular weight is 304 g/mol. The van der Waals surface area contributed by atoms with Gasteiger partial charge in [-0.25, -0.2) is 9.79 Å². The maximum atomic E-state index is 12.1. The monoisotopic (exact) mass is 304 g/mol. The summed E-state index contributed by atoms with van der Waals surface area (Å²) in [5, 5.41) is 10.1. The molecule has 0 aliphatic rings. The van der Waals surface area contributed by atoms with Crippen molar-refractivity contribution in [3.8, 4) is 0 Å². The van der Waals surface area contributed by atoms with Crippen molar-refractivity contribution in [1.29, 1.82) is 0 Å². The molecule has 2 aromatic rings. The number of hydrogen-bond acceptors (Lipinski definition) is 7. The van der Waals surface area contributed by atoms with E-state index < -0.39 is 12.0 Å². The number of hydrogen-bond donors (Lipinski definition) is 1. The zero-order valence-corrected chi connectivity index (χ0v) is 12.0. The molecule has 8 nitrogen and oxygen atoms in total. The second kappa shape index (κ2) is 8.53. The third kappa shape index (κ3) is 4.98. The lowest BCUT2D eigenvalue weighted by molar-refractivity contribution is -0.188. The van der Waals surface area contributed by atoms with E-state index in [-0.39, 0.29) is 13.0 Å². The van der Waals surface area contributed by atoms with Gasteiger partial charge in [-0.2, -0.15) is 20.3 Å². The highest BCUT2D eigenvalue weighted by molar-refractivity contribution is 5.77. The fourth-order valence-electron chi connectivity index (χ4n) is 1.68. The Bertz CT molecular complexity index is 586. The topological polar surface area (TPSA) is 98.7 Å². The third-order valence-corrected chi connectivity index (χ3v) is 2.74. The molecule has 0 aliphatic carbocycles. The van der Waals surface area contributed by atoms with E-state index in [9.17, 15) is 4.79 Å². The van der Waals surface area contributed by atoms with Crippen molar-refractivity contribution < 1.29 is 19.3 Å². The molecule has 22 heavy (non-hydrogen) atoms. The smallest absolute Gasteiger partial charge is 0.331 e. The van der Waals surface area contributed by atoms with Gasteiger partial charge in [-0.15, -0.1) is 0 Å². The van der Waals surface area contributed by atoms with Gasteiger partial charge in [-0.1, -0.05) is 30.3 Å². The number of aromatic amines is 1. The molecule has 0 bridgehead atoms. The van der Waals surface area contributed by atoms with Crippen LogP contribution in [0.3, 0.4) is 0 Å². The van der Waals surface area contributed by atoms with Crippen molar-refractivity contribution in [2.45, 2.75) is 19.1 Å². The van der Waals surface area contributed by atoms with E-state index in [1.54, 1.807) is 0 Å². The maximum Gasteiger partial charge on any atom is 0.331 e. The molecule has 0 fully saturated rings. The summed E-state index contributed by atoms with van der Waals surface area (Å²) >= 11 is 0. The standard InChI is InChI=1S/C14H16N4O4/c1-20-22-10-15-13(7-12-8-16-18-17-12)14(19)21-9-11-5-3-2-4-6-11/h2-6,8,10,13H,7,9H2,1H3,(H,16,17,18)/t13-/m0/s1. The van der Waals surface area contributed by atoms with Gasteiger partial charge in [0.15, 0.2) is 6.04 Å². The number of carbonyl (C=O) groups excluding carboxylic acids is 1. The highest BCUT2D eigenvalue weighted by Crippen LogP contribution is 2.07. The van der Waals surface area contributed by atoms with Crippen LogP contribution in [0, 0.1) is 0 Å². The molecule has 8 heteroatoms. The number of rotatable bonds is 8. The van der Waals surface area contributed by atoms with E-state index in [0.29, 0.717) is 5.69 Å². The van der Waals surface area contributed by atoms with Crippen LogP contribution in [-0.2, 0) is 32.3 Å². The van der Waals surface area contributed by atoms with E-state index in [4.69, 9.17) is 4.74 Å². The number of nitrogens with one attached hydrogen (secondary N) is 1. The number of aliphatic imine (C=N–C) groups is 1. The number of esters is 1. The van der Waals surface area contributed by atoms with Gasteiger partial charge in [0.25, 0.3) is 0 Å². The summed E-state index contributed by atoms with van der Waals surface area (Å²) in [5.74, 6) is -0.484. The van der Waals surface area contributed by atoms with Gasteiger partial charge in [0.2, 0.25) is 6.40 Å². The lowest BCUT2D eigenvalue weighted by Gasteiger charge is -2.10. The van der Waals surface area contributed by atoms with Gasteiger partial charge < -0.3 is 9.62 Å². The van der Waals surface area contributed by atoms with Crippen LogP contribution in [-0.4, -0.2) is 40.9 Å². The summed E-state index contributed by atoms with van der Waals surface area (Å²) in [6.45, 7) is 0.176. The quantitative estimate of drug-likeness (QED) is 0.257. The van der Waals surface area contributed by atoms with Crippen molar-refractivity contribution in [1.82, 2.24) is 15.4 Å². The Hall–Kier alpha value is -2.74. The molecular weight excluding hydrogens is 288 g/mol. The van der Waals surface area contributed by atoms with Gasteiger partial charge in [0.05, 0.1) is 19.0 Å². The highest BCUT2D eigenvalue weighted by Gasteiger charge is 2.21. The van der Waals surface area contributed by atoms with Crippen LogP contribution in [0.15, 0.2) is 41.5 Å². The molecule has 1 heterocycles. The number of ether oxygens (including phenoxy) is 1. The van der Waals surface area contributed by atoms with Crippen LogP contribution < -0.4 is 0 Å². The van der Waals surface area contributed by atoms with Crippen LogP contribution in [0.2, 0.25) is 0 Å². The third-order valence-electron chi connectivity index (χ3n) is 2.74. The first-order valence-electron chi connectivity index (χ1n) is 6.56. The average Bonchev–Trinajstić information content (AvgIpc) is 3.06. The van der Waals surface area contributed by atoms with Crippen molar-refractivity contribution in [3.63, 3.8) is 0 Å². The summed E-state index contributed by atoms with van der Waals surface area (Å²) in [4.78, 5) is 25.1. The van der Waals surface area contributed by atoms with E-state index in [0.717, 1.165) is 12.0 Å². The first kappa shape index (κ1) is 15.6. The molecule has 116 valence electrons. The van der Waals surface area contributed by atoms with Gasteiger partial charge in [-0.05, 0) is 5.56 Å². The zero-order chi connectivity index (χ0) is 15.6. The van der Waals surface area contributed by atoms with Crippen LogP contribution in [0.25, 0.3) is 0 Å². The van der Waals surface area contributed by atoms with Crippen molar-refractivity contribution in [2.24, 2.45) is 4.99 Å². The summed E-state index contributed by atoms with van der Waals surface area (Å²) in [5.41, 5.74) is 1.49. The SMILES string of the molecule is COOC=N[C@@H](Cc1cn[nH]n1)C(=O)OCc1ccccc1. The maximum absolute atomic E-state index is 12.1. The Balaban J connectivity index is 1.95. The number of nitrogens with zero attached hydrogens (tertiary/aromatic N) is 3. The van der Waals surface area contributed by atoms with Gasteiger partial charge in [-0.3, -0.25) is 0 Å². The predicted molar refractivity (Wildman–Crippen MR) is 76.7 cm³/mol. The molecule has 0 saturated heterocycles. The summed E-state index contributed by atoms with van der Waals surface area (Å²) in [6, 6.07) is 8.60. The summed E-state index contributed by atoms with van der Waals surface area (Å²) in [7, 11) is 1.34. The van der Waals surface area contributed by atoms with Crippen LogP contribution in [0.5, 0.6) is 0 Å². The molecule has 1 aromatic heterocycles. The van der Waals surface area contributed by atoms with E-state index in [1.165, 1.54) is 13.3 Å². The van der Waals surface area contributed by atoms with E-state index in [2.05, 4.69) is 30.2 Å². The van der Waals surface area contributed by atoms with Gasteiger partial charge in [0, 0.05) is 6.42 Å². The molecule has 0 amide bonds. The number of carbonyl (C=O) groups is 1. The molecule has 1 atom stereocenters. The Labute approximate surface area is 127 Å². The molecule has 0 aliphatic heterocycles. The molecule has 0 unspecified atom stereocenters. The highest BCUT2D eigenvalue weighted by atomic mass is 17.2. The van der Waals surface area contributed by atoms with Crippen LogP contribution in [0.1, 0.15) is 11.3 Å². The van der Waals surface area contributed by atoms with Gasteiger partial charge in [0.1, 0.15) is 6.61 Å². The largest absolute Gasteiger partial charge is 0.459 e. The lowest BCUT2D eigenvalue weighted by Crippen LogP contribution is -2.24. The number of benzene rings is 1. The molecule has 1 N–H and O–H groups in total.